The standard InChI is InChI=1S/C20H21BrClN3O4/c1-12(2)29-20-14(21)8-13(9-17(20)28-3)11-23-25-19(27)10-18(26)24-16-7-5-4-6-15(16)22/h4-9,11-12H,10H2,1-3H3,(H,24,26)(H,25,27). The number of carbonyl (C=O) groups excluding carboxylic acids is 2. The number of nitrogens with zero attached hydrogens (tertiary/aromatic N) is 1. The first-order chi connectivity index (χ1) is 13.8. The Hall–Kier alpha value is -2.58. The normalized spacial score (nSPS) is 10.8. The second-order valence-electron chi connectivity index (χ2n) is 6.20. The predicted octanol–water partition coefficient (Wildman–Crippen LogP) is 4.38. The lowest BCUT2D eigenvalue weighted by molar-refractivity contribution is -0.126. The second kappa shape index (κ2) is 10.8. The van der Waals surface area contributed by atoms with Gasteiger partial charge in [0.05, 0.1) is 34.6 Å². The van der Waals surface area contributed by atoms with Crippen LogP contribution in [0.2, 0.25) is 5.02 Å². The van der Waals surface area contributed by atoms with Crippen molar-refractivity contribution in [1.82, 2.24) is 5.43 Å². The number of hydrogen-bond acceptors (Lipinski definition) is 5. The largest absolute Gasteiger partial charge is 0.493 e. The fourth-order valence-corrected chi connectivity index (χ4v) is 3.02. The zero-order chi connectivity index (χ0) is 21.4. The van der Waals surface area contributed by atoms with Crippen LogP contribution in [-0.4, -0.2) is 31.2 Å². The molecule has 0 aromatic heterocycles. The number of nitrogens with one attached hydrogen (secondary N) is 2. The van der Waals surface area contributed by atoms with Gasteiger partial charge in [0.25, 0.3) is 0 Å². The molecule has 0 bridgehead atoms. The fraction of sp³-hybridized carbons (Fsp3) is 0.250. The molecule has 9 heteroatoms. The van der Waals surface area contributed by atoms with Crippen molar-refractivity contribution >= 4 is 51.2 Å². The minimum absolute atomic E-state index is 0.0177. The van der Waals surface area contributed by atoms with Crippen LogP contribution in [0, 0.1) is 0 Å². The van der Waals surface area contributed by atoms with Gasteiger partial charge < -0.3 is 14.8 Å². The first kappa shape index (κ1) is 22.7. The molecule has 0 saturated heterocycles. The average molecular weight is 483 g/mol. The summed E-state index contributed by atoms with van der Waals surface area (Å²) in [7, 11) is 1.54. The summed E-state index contributed by atoms with van der Waals surface area (Å²) in [4.78, 5) is 23.9. The molecule has 0 spiro atoms. The molecule has 7 nitrogen and oxygen atoms in total. The number of anilines is 1. The van der Waals surface area contributed by atoms with E-state index in [-0.39, 0.29) is 6.10 Å². The molecule has 0 heterocycles. The van der Waals surface area contributed by atoms with Crippen molar-refractivity contribution in [3.8, 4) is 11.5 Å². The molecule has 154 valence electrons. The highest BCUT2D eigenvalue weighted by Gasteiger charge is 2.13. The predicted molar refractivity (Wildman–Crippen MR) is 117 cm³/mol. The molecular formula is C20H21BrClN3O4. The molecular weight excluding hydrogens is 462 g/mol. The maximum Gasteiger partial charge on any atom is 0.249 e. The number of methoxy groups -OCH3 is 1. The molecule has 0 aliphatic heterocycles. The Morgan fingerprint density at radius 3 is 2.62 bits per heavy atom. The zero-order valence-electron chi connectivity index (χ0n) is 16.2. The molecule has 0 radical (unpaired) electrons. The van der Waals surface area contributed by atoms with Crippen molar-refractivity contribution in [3.05, 3.63) is 51.5 Å². The van der Waals surface area contributed by atoms with E-state index in [1.165, 1.54) is 13.3 Å². The van der Waals surface area contributed by atoms with Crippen molar-refractivity contribution in [3.63, 3.8) is 0 Å². The molecule has 29 heavy (non-hydrogen) atoms. The highest BCUT2D eigenvalue weighted by molar-refractivity contribution is 9.10. The molecule has 2 N–H and O–H groups in total. The molecule has 2 aromatic rings. The van der Waals surface area contributed by atoms with Crippen LogP contribution in [0.1, 0.15) is 25.8 Å². The van der Waals surface area contributed by atoms with Crippen LogP contribution in [-0.2, 0) is 9.59 Å². The van der Waals surface area contributed by atoms with Gasteiger partial charge in [0.2, 0.25) is 11.8 Å². The van der Waals surface area contributed by atoms with Crippen LogP contribution >= 0.6 is 27.5 Å². The van der Waals surface area contributed by atoms with E-state index in [4.69, 9.17) is 21.1 Å². The number of benzene rings is 2. The number of para-hydroxylation sites is 1. The highest BCUT2D eigenvalue weighted by Crippen LogP contribution is 2.36. The van der Waals surface area contributed by atoms with Crippen LogP contribution in [0.4, 0.5) is 5.69 Å². The number of hydrazone groups is 1. The topological polar surface area (TPSA) is 89.0 Å². The van der Waals surface area contributed by atoms with Crippen LogP contribution in [0.15, 0.2) is 46.0 Å². The summed E-state index contributed by atoms with van der Waals surface area (Å²) in [6.45, 7) is 3.83. The van der Waals surface area contributed by atoms with Gasteiger partial charge in [-0.05, 0) is 59.6 Å². The Morgan fingerprint density at radius 1 is 1.24 bits per heavy atom. The van der Waals surface area contributed by atoms with E-state index in [2.05, 4.69) is 31.8 Å². The van der Waals surface area contributed by atoms with Gasteiger partial charge in [0.1, 0.15) is 6.42 Å². The minimum atomic E-state index is -0.559. The maximum absolute atomic E-state index is 11.9. The van der Waals surface area contributed by atoms with E-state index in [1.54, 1.807) is 36.4 Å². The summed E-state index contributed by atoms with van der Waals surface area (Å²) >= 11 is 9.41. The highest BCUT2D eigenvalue weighted by atomic mass is 79.9. The van der Waals surface area contributed by atoms with E-state index in [0.717, 1.165) is 0 Å². The van der Waals surface area contributed by atoms with Gasteiger partial charge in [-0.2, -0.15) is 5.10 Å². The first-order valence-corrected chi connectivity index (χ1v) is 9.87. The fourth-order valence-electron chi connectivity index (χ4n) is 2.29. The molecule has 0 atom stereocenters. The minimum Gasteiger partial charge on any atom is -0.493 e. The van der Waals surface area contributed by atoms with Crippen molar-refractivity contribution in [1.29, 1.82) is 0 Å². The van der Waals surface area contributed by atoms with Gasteiger partial charge in [0.15, 0.2) is 11.5 Å². The Balaban J connectivity index is 1.95. The summed E-state index contributed by atoms with van der Waals surface area (Å²) in [5.74, 6) is 0.0573. The van der Waals surface area contributed by atoms with E-state index in [1.807, 2.05) is 13.8 Å². The Kier molecular flexibility index (Phi) is 8.48. The maximum atomic E-state index is 11.9. The molecule has 0 unspecified atom stereocenters. The van der Waals surface area contributed by atoms with Crippen LogP contribution < -0.4 is 20.2 Å². The lowest BCUT2D eigenvalue weighted by Gasteiger charge is -2.15. The molecule has 0 fully saturated rings. The summed E-state index contributed by atoms with van der Waals surface area (Å²) in [5, 5.41) is 6.84. The summed E-state index contributed by atoms with van der Waals surface area (Å²) in [6, 6.07) is 10.3. The third-order valence-electron chi connectivity index (χ3n) is 3.48. The summed E-state index contributed by atoms with van der Waals surface area (Å²) < 4.78 is 11.8. The lowest BCUT2D eigenvalue weighted by atomic mass is 10.2. The van der Waals surface area contributed by atoms with Crippen molar-refractivity contribution < 1.29 is 19.1 Å². The molecule has 2 amide bonds. The Bertz CT molecular complexity index is 919. The smallest absolute Gasteiger partial charge is 0.249 e. The molecule has 2 aromatic carbocycles. The van der Waals surface area contributed by atoms with E-state index in [0.29, 0.717) is 32.2 Å². The van der Waals surface area contributed by atoms with Crippen LogP contribution in [0.3, 0.4) is 0 Å². The molecule has 0 aliphatic carbocycles. The van der Waals surface area contributed by atoms with E-state index < -0.39 is 18.2 Å². The molecule has 2 rings (SSSR count). The quantitative estimate of drug-likeness (QED) is 0.332. The number of rotatable bonds is 8. The number of hydrogen-bond donors (Lipinski definition) is 2. The lowest BCUT2D eigenvalue weighted by Crippen LogP contribution is -2.24. The van der Waals surface area contributed by atoms with E-state index in [9.17, 15) is 9.59 Å². The third-order valence-corrected chi connectivity index (χ3v) is 4.40. The van der Waals surface area contributed by atoms with Crippen molar-refractivity contribution in [2.24, 2.45) is 5.10 Å². The third kappa shape index (κ3) is 7.07. The zero-order valence-corrected chi connectivity index (χ0v) is 18.5. The van der Waals surface area contributed by atoms with Crippen molar-refractivity contribution in [2.75, 3.05) is 12.4 Å². The van der Waals surface area contributed by atoms with Gasteiger partial charge >= 0.3 is 0 Å². The van der Waals surface area contributed by atoms with Gasteiger partial charge in [-0.1, -0.05) is 23.7 Å². The number of halogens is 2. The average Bonchev–Trinajstić information content (AvgIpc) is 2.65. The Morgan fingerprint density at radius 2 is 1.97 bits per heavy atom. The van der Waals surface area contributed by atoms with Gasteiger partial charge in [-0.3, -0.25) is 9.59 Å². The van der Waals surface area contributed by atoms with Crippen LogP contribution in [0.5, 0.6) is 11.5 Å². The van der Waals surface area contributed by atoms with E-state index >= 15 is 0 Å². The first-order valence-electron chi connectivity index (χ1n) is 8.70. The monoisotopic (exact) mass is 481 g/mol. The van der Waals surface area contributed by atoms with Crippen LogP contribution in [0.25, 0.3) is 0 Å². The number of amides is 2. The summed E-state index contributed by atoms with van der Waals surface area (Å²) in [6.07, 6.45) is 1.03. The number of ether oxygens (including phenoxy) is 2. The Labute approximate surface area is 182 Å². The van der Waals surface area contributed by atoms with Gasteiger partial charge in [0, 0.05) is 0 Å². The number of carbonyl (C=O) groups is 2. The second-order valence-corrected chi connectivity index (χ2v) is 7.46. The summed E-state index contributed by atoms with van der Waals surface area (Å²) in [5.41, 5.74) is 3.43. The van der Waals surface area contributed by atoms with Crippen molar-refractivity contribution in [2.45, 2.75) is 26.4 Å². The van der Waals surface area contributed by atoms with Gasteiger partial charge in [-0.15, -0.1) is 0 Å². The van der Waals surface area contributed by atoms with Gasteiger partial charge in [-0.25, -0.2) is 5.43 Å². The SMILES string of the molecule is COc1cc(C=NNC(=O)CC(=O)Nc2ccccc2Cl)cc(Br)c1OC(C)C. The molecule has 0 aliphatic rings. The molecule has 0 saturated carbocycles.